The highest BCUT2D eigenvalue weighted by Crippen LogP contribution is 2.59. The number of aliphatic carboxylic acids is 1. The molecule has 0 radical (unpaired) electrons. The summed E-state index contributed by atoms with van der Waals surface area (Å²) in [6.45, 7) is 7.22. The molecule has 2 rings (SSSR count). The zero-order valence-electron chi connectivity index (χ0n) is 11.5. The van der Waals surface area contributed by atoms with E-state index in [0.717, 1.165) is 0 Å². The molecule has 2 atom stereocenters. The van der Waals surface area contributed by atoms with Crippen molar-refractivity contribution >= 4 is 17.8 Å². The maximum absolute atomic E-state index is 12.3. The van der Waals surface area contributed by atoms with E-state index in [4.69, 9.17) is 5.11 Å². The molecule has 0 aromatic heterocycles. The molecule has 0 aromatic rings. The lowest BCUT2D eigenvalue weighted by Gasteiger charge is -2.34. The second kappa shape index (κ2) is 4.51. The van der Waals surface area contributed by atoms with E-state index >= 15 is 0 Å². The van der Waals surface area contributed by atoms with Crippen molar-refractivity contribution in [2.24, 2.45) is 17.3 Å². The molecule has 1 saturated carbocycles. The Balaban J connectivity index is 1.96. The van der Waals surface area contributed by atoms with E-state index in [1.165, 1.54) is 6.92 Å². The molecule has 1 N–H and O–H groups in total. The summed E-state index contributed by atoms with van der Waals surface area (Å²) in [4.78, 5) is 38.0. The lowest BCUT2D eigenvalue weighted by molar-refractivity contribution is -0.143. The number of nitrogens with zero attached hydrogens (tertiary/aromatic N) is 2. The highest BCUT2D eigenvalue weighted by molar-refractivity contribution is 5.91. The zero-order chi connectivity index (χ0) is 14.4. The second-order valence-corrected chi connectivity index (χ2v) is 5.95. The minimum atomic E-state index is -0.897. The quantitative estimate of drug-likeness (QED) is 0.766. The van der Waals surface area contributed by atoms with Gasteiger partial charge in [-0.3, -0.25) is 14.4 Å². The van der Waals surface area contributed by atoms with E-state index in [1.54, 1.807) is 9.80 Å². The number of hydrogen-bond acceptors (Lipinski definition) is 3. The molecule has 0 spiro atoms. The Hall–Kier alpha value is -1.59. The molecule has 106 valence electrons. The molecule has 0 unspecified atom stereocenters. The Morgan fingerprint density at radius 3 is 1.84 bits per heavy atom. The van der Waals surface area contributed by atoms with Crippen molar-refractivity contribution < 1.29 is 19.5 Å². The molecular formula is C13H20N2O4. The highest BCUT2D eigenvalue weighted by Gasteiger charge is 2.66. The average molecular weight is 268 g/mol. The van der Waals surface area contributed by atoms with Gasteiger partial charge in [-0.2, -0.15) is 0 Å². The molecule has 6 heteroatoms. The van der Waals surface area contributed by atoms with Crippen LogP contribution in [0, 0.1) is 17.3 Å². The van der Waals surface area contributed by atoms with Gasteiger partial charge in [0.25, 0.3) is 0 Å². The molecule has 2 fully saturated rings. The lowest BCUT2D eigenvalue weighted by Crippen LogP contribution is -2.50. The van der Waals surface area contributed by atoms with Crippen molar-refractivity contribution in [1.29, 1.82) is 0 Å². The van der Waals surface area contributed by atoms with Crippen molar-refractivity contribution in [2.45, 2.75) is 20.8 Å². The predicted octanol–water partition coefficient (Wildman–Crippen LogP) is 0.0339. The number of piperazine rings is 1. The van der Waals surface area contributed by atoms with Gasteiger partial charge in [-0.25, -0.2) is 0 Å². The Morgan fingerprint density at radius 1 is 1.00 bits per heavy atom. The van der Waals surface area contributed by atoms with Crippen LogP contribution in [0.25, 0.3) is 0 Å². The summed E-state index contributed by atoms with van der Waals surface area (Å²) < 4.78 is 0. The van der Waals surface area contributed by atoms with Crippen molar-refractivity contribution in [3.05, 3.63) is 0 Å². The van der Waals surface area contributed by atoms with Crippen LogP contribution in [-0.2, 0) is 14.4 Å². The van der Waals surface area contributed by atoms with Crippen LogP contribution in [-0.4, -0.2) is 58.9 Å². The second-order valence-electron chi connectivity index (χ2n) is 5.95. The summed E-state index contributed by atoms with van der Waals surface area (Å²) in [5, 5.41) is 9.10. The van der Waals surface area contributed by atoms with Crippen LogP contribution in [0.4, 0.5) is 0 Å². The SMILES string of the molecule is CC(=O)N1CCN(C(=O)[C@@H]2[C@@H](C(=O)O)C2(C)C)CC1. The van der Waals surface area contributed by atoms with Crippen molar-refractivity contribution in [2.75, 3.05) is 26.2 Å². The van der Waals surface area contributed by atoms with Gasteiger partial charge in [-0.1, -0.05) is 13.8 Å². The molecule has 1 saturated heterocycles. The fourth-order valence-electron chi connectivity index (χ4n) is 3.00. The Labute approximate surface area is 112 Å². The van der Waals surface area contributed by atoms with E-state index < -0.39 is 23.2 Å². The number of rotatable bonds is 2. The highest BCUT2D eigenvalue weighted by atomic mass is 16.4. The average Bonchev–Trinajstić information content (AvgIpc) is 2.91. The molecule has 1 aliphatic carbocycles. The predicted molar refractivity (Wildman–Crippen MR) is 67.2 cm³/mol. The minimum Gasteiger partial charge on any atom is -0.481 e. The van der Waals surface area contributed by atoms with Crippen molar-refractivity contribution in [3.63, 3.8) is 0 Å². The number of carbonyl (C=O) groups excluding carboxylic acids is 2. The summed E-state index contributed by atoms with van der Waals surface area (Å²) in [7, 11) is 0. The van der Waals surface area contributed by atoms with Crippen LogP contribution in [0.3, 0.4) is 0 Å². The van der Waals surface area contributed by atoms with Crippen LogP contribution < -0.4 is 0 Å². The molecule has 2 aliphatic rings. The van der Waals surface area contributed by atoms with Crippen LogP contribution >= 0.6 is 0 Å². The van der Waals surface area contributed by atoms with Crippen molar-refractivity contribution in [3.8, 4) is 0 Å². The maximum Gasteiger partial charge on any atom is 0.307 e. The third kappa shape index (κ3) is 2.31. The van der Waals surface area contributed by atoms with E-state index in [2.05, 4.69) is 0 Å². The molecule has 19 heavy (non-hydrogen) atoms. The standard InChI is InChI=1S/C13H20N2O4/c1-8(16)14-4-6-15(7-5-14)11(17)9-10(12(18)19)13(9,2)3/h9-10H,4-7H2,1-3H3,(H,18,19)/t9-,10-/m0/s1. The Bertz CT molecular complexity index is 424. The van der Waals surface area contributed by atoms with Gasteiger partial charge in [-0.15, -0.1) is 0 Å². The summed E-state index contributed by atoms with van der Waals surface area (Å²) in [5.74, 6) is -1.96. The van der Waals surface area contributed by atoms with Gasteiger partial charge in [0.1, 0.15) is 0 Å². The summed E-state index contributed by atoms with van der Waals surface area (Å²) in [6, 6.07) is 0. The van der Waals surface area contributed by atoms with E-state index in [0.29, 0.717) is 26.2 Å². The number of carboxylic acids is 1. The maximum atomic E-state index is 12.3. The van der Waals surface area contributed by atoms with E-state index in [1.807, 2.05) is 13.8 Å². The fraction of sp³-hybridized carbons (Fsp3) is 0.769. The first kappa shape index (κ1) is 13.8. The molecule has 1 aliphatic heterocycles. The largest absolute Gasteiger partial charge is 0.481 e. The van der Waals surface area contributed by atoms with Crippen LogP contribution in [0.15, 0.2) is 0 Å². The van der Waals surface area contributed by atoms with E-state index in [-0.39, 0.29) is 11.8 Å². The van der Waals surface area contributed by atoms with Gasteiger partial charge in [0, 0.05) is 33.1 Å². The first-order valence-corrected chi connectivity index (χ1v) is 6.54. The van der Waals surface area contributed by atoms with Gasteiger partial charge in [0.05, 0.1) is 11.8 Å². The molecule has 0 aromatic carbocycles. The van der Waals surface area contributed by atoms with E-state index in [9.17, 15) is 14.4 Å². The minimum absolute atomic E-state index is 0.0160. The molecule has 1 heterocycles. The Morgan fingerprint density at radius 2 is 1.47 bits per heavy atom. The number of amides is 2. The smallest absolute Gasteiger partial charge is 0.307 e. The topological polar surface area (TPSA) is 77.9 Å². The molecular weight excluding hydrogens is 248 g/mol. The van der Waals surface area contributed by atoms with Crippen LogP contribution in [0.1, 0.15) is 20.8 Å². The third-order valence-corrected chi connectivity index (χ3v) is 4.40. The van der Waals surface area contributed by atoms with Gasteiger partial charge in [-0.05, 0) is 5.41 Å². The molecule has 2 amide bonds. The number of carbonyl (C=O) groups is 3. The normalized spacial score (nSPS) is 29.0. The summed E-state index contributed by atoms with van der Waals surface area (Å²) in [6.07, 6.45) is 0. The van der Waals surface area contributed by atoms with Crippen LogP contribution in [0.2, 0.25) is 0 Å². The number of hydrogen-bond donors (Lipinski definition) is 1. The lowest BCUT2D eigenvalue weighted by atomic mass is 10.1. The molecule has 6 nitrogen and oxygen atoms in total. The monoisotopic (exact) mass is 268 g/mol. The first-order valence-electron chi connectivity index (χ1n) is 6.54. The fourth-order valence-corrected chi connectivity index (χ4v) is 3.00. The third-order valence-electron chi connectivity index (χ3n) is 4.40. The molecule has 0 bridgehead atoms. The van der Waals surface area contributed by atoms with Gasteiger partial charge < -0.3 is 14.9 Å². The zero-order valence-corrected chi connectivity index (χ0v) is 11.5. The number of carboxylic acid groups (broad SMARTS) is 1. The van der Waals surface area contributed by atoms with Gasteiger partial charge in [0.2, 0.25) is 11.8 Å². The Kier molecular flexibility index (Phi) is 3.28. The van der Waals surface area contributed by atoms with Gasteiger partial charge in [0.15, 0.2) is 0 Å². The van der Waals surface area contributed by atoms with Gasteiger partial charge >= 0.3 is 5.97 Å². The summed E-state index contributed by atoms with van der Waals surface area (Å²) in [5.41, 5.74) is -0.458. The van der Waals surface area contributed by atoms with Crippen molar-refractivity contribution in [1.82, 2.24) is 9.80 Å². The summed E-state index contributed by atoms with van der Waals surface area (Å²) >= 11 is 0. The van der Waals surface area contributed by atoms with Crippen LogP contribution in [0.5, 0.6) is 0 Å². The first-order chi connectivity index (χ1) is 8.76.